The van der Waals surface area contributed by atoms with Gasteiger partial charge in [-0.25, -0.2) is 4.79 Å². The summed E-state index contributed by atoms with van der Waals surface area (Å²) in [5.41, 5.74) is 1.78. The number of cyclic esters (lactones) is 1. The normalized spacial score (nSPS) is 19.0. The molecule has 2 aromatic rings. The van der Waals surface area contributed by atoms with E-state index in [1.165, 1.54) is 0 Å². The Morgan fingerprint density at radius 2 is 1.87 bits per heavy atom. The molecular weight excluding hydrogens is 188 g/mol. The van der Waals surface area contributed by atoms with E-state index >= 15 is 0 Å². The van der Waals surface area contributed by atoms with Crippen LogP contribution in [-0.2, 0) is 4.74 Å². The molecule has 74 valence electrons. The van der Waals surface area contributed by atoms with Crippen LogP contribution < -0.4 is 0 Å². The van der Waals surface area contributed by atoms with Crippen molar-refractivity contribution in [3.05, 3.63) is 47.5 Å². The lowest BCUT2D eigenvalue weighted by molar-refractivity contribution is 0.0325. The van der Waals surface area contributed by atoms with Crippen molar-refractivity contribution < 1.29 is 9.53 Å². The SMILES string of the molecule is CC1OC(=O)c2cccc3cccc1c23. The largest absolute Gasteiger partial charge is 0.454 e. The average Bonchev–Trinajstić information content (AvgIpc) is 2.25. The minimum Gasteiger partial charge on any atom is -0.454 e. The molecule has 1 heterocycles. The topological polar surface area (TPSA) is 26.3 Å². The summed E-state index contributed by atoms with van der Waals surface area (Å²) < 4.78 is 5.26. The summed E-state index contributed by atoms with van der Waals surface area (Å²) in [7, 11) is 0. The zero-order chi connectivity index (χ0) is 10.4. The van der Waals surface area contributed by atoms with Crippen molar-refractivity contribution >= 4 is 16.7 Å². The van der Waals surface area contributed by atoms with Crippen molar-refractivity contribution in [1.82, 2.24) is 0 Å². The third kappa shape index (κ3) is 1.08. The number of rotatable bonds is 0. The Labute approximate surface area is 87.5 Å². The quantitative estimate of drug-likeness (QED) is 0.608. The van der Waals surface area contributed by atoms with Gasteiger partial charge < -0.3 is 4.74 Å². The minimum atomic E-state index is -0.216. The van der Waals surface area contributed by atoms with Crippen LogP contribution in [0.4, 0.5) is 0 Å². The van der Waals surface area contributed by atoms with E-state index in [0.29, 0.717) is 5.56 Å². The van der Waals surface area contributed by atoms with Crippen molar-refractivity contribution in [3.63, 3.8) is 0 Å². The van der Waals surface area contributed by atoms with Crippen LogP contribution in [0.15, 0.2) is 36.4 Å². The average molecular weight is 198 g/mol. The molecule has 1 atom stereocenters. The van der Waals surface area contributed by atoms with Gasteiger partial charge in [-0.1, -0.05) is 30.3 Å². The Balaban J connectivity index is 2.50. The van der Waals surface area contributed by atoms with Gasteiger partial charge in [0.15, 0.2) is 0 Å². The molecule has 0 saturated carbocycles. The Hall–Kier alpha value is -1.83. The number of hydrogen-bond acceptors (Lipinski definition) is 2. The molecule has 2 aromatic carbocycles. The number of carbonyl (C=O) groups is 1. The van der Waals surface area contributed by atoms with E-state index in [9.17, 15) is 4.79 Å². The van der Waals surface area contributed by atoms with Crippen LogP contribution >= 0.6 is 0 Å². The molecule has 0 aromatic heterocycles. The molecule has 0 amide bonds. The van der Waals surface area contributed by atoms with Crippen LogP contribution in [0.2, 0.25) is 0 Å². The molecule has 0 aliphatic carbocycles. The molecule has 0 N–H and O–H groups in total. The van der Waals surface area contributed by atoms with Gasteiger partial charge in [-0.05, 0) is 18.4 Å². The van der Waals surface area contributed by atoms with Crippen LogP contribution in [0.3, 0.4) is 0 Å². The molecule has 2 heteroatoms. The Morgan fingerprint density at radius 3 is 2.67 bits per heavy atom. The van der Waals surface area contributed by atoms with Crippen LogP contribution in [-0.4, -0.2) is 5.97 Å². The maximum absolute atomic E-state index is 11.7. The molecule has 1 aliphatic rings. The molecule has 0 radical (unpaired) electrons. The fourth-order valence-electron chi connectivity index (χ4n) is 2.17. The van der Waals surface area contributed by atoms with E-state index in [2.05, 4.69) is 0 Å². The Kier molecular flexibility index (Phi) is 1.60. The summed E-state index contributed by atoms with van der Waals surface area (Å²) >= 11 is 0. The van der Waals surface area contributed by atoms with Gasteiger partial charge in [0.1, 0.15) is 6.10 Å². The predicted molar refractivity (Wildman–Crippen MR) is 57.8 cm³/mol. The fraction of sp³-hybridized carbons (Fsp3) is 0.154. The third-order valence-corrected chi connectivity index (χ3v) is 2.88. The zero-order valence-electron chi connectivity index (χ0n) is 8.36. The van der Waals surface area contributed by atoms with Gasteiger partial charge in [0.2, 0.25) is 0 Å². The van der Waals surface area contributed by atoms with Crippen molar-refractivity contribution in [2.75, 3.05) is 0 Å². The second-order valence-electron chi connectivity index (χ2n) is 3.80. The number of benzene rings is 2. The first-order chi connectivity index (χ1) is 7.27. The lowest BCUT2D eigenvalue weighted by Crippen LogP contribution is -2.15. The van der Waals surface area contributed by atoms with E-state index < -0.39 is 0 Å². The molecule has 0 saturated heterocycles. The highest BCUT2D eigenvalue weighted by Gasteiger charge is 2.24. The first-order valence-corrected chi connectivity index (χ1v) is 5.00. The van der Waals surface area contributed by atoms with E-state index in [0.717, 1.165) is 16.3 Å². The lowest BCUT2D eigenvalue weighted by atomic mass is 9.94. The molecule has 3 rings (SSSR count). The summed E-state index contributed by atoms with van der Waals surface area (Å²) in [6.07, 6.45) is -0.143. The Bertz CT molecular complexity index is 552. The Morgan fingerprint density at radius 1 is 1.13 bits per heavy atom. The van der Waals surface area contributed by atoms with Crippen LogP contribution in [0, 0.1) is 0 Å². The van der Waals surface area contributed by atoms with Crippen molar-refractivity contribution in [1.29, 1.82) is 0 Å². The molecule has 15 heavy (non-hydrogen) atoms. The monoisotopic (exact) mass is 198 g/mol. The van der Waals surface area contributed by atoms with Gasteiger partial charge in [-0.3, -0.25) is 0 Å². The minimum absolute atomic E-state index is 0.143. The van der Waals surface area contributed by atoms with Gasteiger partial charge in [0.05, 0.1) is 5.56 Å². The molecule has 2 nitrogen and oxygen atoms in total. The van der Waals surface area contributed by atoms with Gasteiger partial charge in [0.25, 0.3) is 0 Å². The zero-order valence-corrected chi connectivity index (χ0v) is 8.36. The number of hydrogen-bond donors (Lipinski definition) is 0. The maximum atomic E-state index is 11.7. The highest BCUT2D eigenvalue weighted by molar-refractivity contribution is 6.07. The van der Waals surface area contributed by atoms with Crippen LogP contribution in [0.5, 0.6) is 0 Å². The lowest BCUT2D eigenvalue weighted by Gasteiger charge is -2.22. The highest BCUT2D eigenvalue weighted by atomic mass is 16.5. The van der Waals surface area contributed by atoms with Gasteiger partial charge in [-0.15, -0.1) is 0 Å². The van der Waals surface area contributed by atoms with E-state index in [1.807, 2.05) is 43.3 Å². The second kappa shape index (κ2) is 2.83. The summed E-state index contributed by atoms with van der Waals surface area (Å²) in [6.45, 7) is 1.91. The van der Waals surface area contributed by atoms with E-state index in [4.69, 9.17) is 4.74 Å². The summed E-state index contributed by atoms with van der Waals surface area (Å²) in [5.74, 6) is -0.216. The smallest absolute Gasteiger partial charge is 0.339 e. The summed E-state index contributed by atoms with van der Waals surface area (Å²) in [6, 6.07) is 11.8. The number of carbonyl (C=O) groups excluding carboxylic acids is 1. The molecule has 0 spiro atoms. The molecule has 1 unspecified atom stereocenters. The van der Waals surface area contributed by atoms with E-state index in [-0.39, 0.29) is 12.1 Å². The number of ether oxygens (including phenoxy) is 1. The maximum Gasteiger partial charge on any atom is 0.339 e. The fourth-order valence-corrected chi connectivity index (χ4v) is 2.17. The number of esters is 1. The van der Waals surface area contributed by atoms with Gasteiger partial charge >= 0.3 is 5.97 Å². The molecular formula is C13H10O2. The van der Waals surface area contributed by atoms with Gasteiger partial charge in [-0.2, -0.15) is 0 Å². The third-order valence-electron chi connectivity index (χ3n) is 2.88. The first kappa shape index (κ1) is 8.48. The predicted octanol–water partition coefficient (Wildman–Crippen LogP) is 3.07. The summed E-state index contributed by atoms with van der Waals surface area (Å²) in [5, 5.41) is 2.15. The molecule has 1 aliphatic heterocycles. The van der Waals surface area contributed by atoms with Crippen molar-refractivity contribution in [2.24, 2.45) is 0 Å². The van der Waals surface area contributed by atoms with Crippen LogP contribution in [0.25, 0.3) is 10.8 Å². The highest BCUT2D eigenvalue weighted by Crippen LogP contribution is 2.34. The second-order valence-corrected chi connectivity index (χ2v) is 3.80. The van der Waals surface area contributed by atoms with Gasteiger partial charge in [0, 0.05) is 10.9 Å². The first-order valence-electron chi connectivity index (χ1n) is 5.00. The standard InChI is InChI=1S/C13H10O2/c1-8-10-6-2-4-9-5-3-7-11(12(9)10)13(14)15-8/h2-8H,1H3. The summed E-state index contributed by atoms with van der Waals surface area (Å²) in [4.78, 5) is 11.7. The van der Waals surface area contributed by atoms with Crippen LogP contribution in [0.1, 0.15) is 28.9 Å². The van der Waals surface area contributed by atoms with Crippen molar-refractivity contribution in [2.45, 2.75) is 13.0 Å². The van der Waals surface area contributed by atoms with E-state index in [1.54, 1.807) is 0 Å². The molecule has 0 bridgehead atoms. The molecule has 0 fully saturated rings. The van der Waals surface area contributed by atoms with Crippen molar-refractivity contribution in [3.8, 4) is 0 Å².